The average molecular weight is 347 g/mol. The van der Waals surface area contributed by atoms with Crippen molar-refractivity contribution in [2.45, 2.75) is 6.42 Å². The second-order valence-corrected chi connectivity index (χ2v) is 6.10. The van der Waals surface area contributed by atoms with Crippen molar-refractivity contribution in [2.24, 2.45) is 0 Å². The molecular formula is C20H18FN5. The van der Waals surface area contributed by atoms with Gasteiger partial charge in [-0.15, -0.1) is 0 Å². The quantitative estimate of drug-likeness (QED) is 0.510. The maximum atomic E-state index is 12.9. The summed E-state index contributed by atoms with van der Waals surface area (Å²) in [6.45, 7) is 0.718. The molecule has 130 valence electrons. The van der Waals surface area contributed by atoms with E-state index in [-0.39, 0.29) is 5.82 Å². The van der Waals surface area contributed by atoms with Crippen molar-refractivity contribution >= 4 is 22.5 Å². The van der Waals surface area contributed by atoms with Crippen LogP contribution >= 0.6 is 0 Å². The van der Waals surface area contributed by atoms with Gasteiger partial charge in [-0.05, 0) is 59.5 Å². The second kappa shape index (κ2) is 6.84. The third kappa shape index (κ3) is 3.35. The van der Waals surface area contributed by atoms with E-state index in [4.69, 9.17) is 5.73 Å². The Bertz CT molecular complexity index is 1040. The summed E-state index contributed by atoms with van der Waals surface area (Å²) < 4.78 is 12.9. The Morgan fingerprint density at radius 3 is 2.65 bits per heavy atom. The number of hydrogen-bond acceptors (Lipinski definition) is 4. The van der Waals surface area contributed by atoms with E-state index in [1.807, 2.05) is 30.3 Å². The number of H-pyrrole nitrogens is 1. The highest BCUT2D eigenvalue weighted by atomic mass is 19.1. The molecule has 4 N–H and O–H groups in total. The number of anilines is 2. The lowest BCUT2D eigenvalue weighted by atomic mass is 10.0. The Morgan fingerprint density at radius 2 is 1.81 bits per heavy atom. The topological polar surface area (TPSA) is 79.6 Å². The molecule has 0 fully saturated rings. The van der Waals surface area contributed by atoms with Crippen LogP contribution in [0.5, 0.6) is 0 Å². The van der Waals surface area contributed by atoms with Gasteiger partial charge in [0.05, 0.1) is 5.52 Å². The summed E-state index contributed by atoms with van der Waals surface area (Å²) in [5, 5.41) is 11.1. The van der Waals surface area contributed by atoms with Crippen LogP contribution < -0.4 is 11.1 Å². The van der Waals surface area contributed by atoms with E-state index in [0.29, 0.717) is 5.82 Å². The first-order valence-electron chi connectivity index (χ1n) is 8.37. The minimum absolute atomic E-state index is 0.216. The lowest BCUT2D eigenvalue weighted by Crippen LogP contribution is -2.06. The molecule has 0 bridgehead atoms. The SMILES string of the molecule is Nc1n[nH]c2ccc(-c3ccnc(NCCc4ccc(F)cc4)c3)cc12. The van der Waals surface area contributed by atoms with Gasteiger partial charge in [0.1, 0.15) is 11.6 Å². The van der Waals surface area contributed by atoms with Gasteiger partial charge in [0, 0.05) is 18.1 Å². The fourth-order valence-corrected chi connectivity index (χ4v) is 2.91. The van der Waals surface area contributed by atoms with E-state index in [0.717, 1.165) is 46.4 Å². The largest absolute Gasteiger partial charge is 0.382 e. The first kappa shape index (κ1) is 16.1. The molecule has 2 aromatic carbocycles. The monoisotopic (exact) mass is 347 g/mol. The Morgan fingerprint density at radius 1 is 1.00 bits per heavy atom. The molecule has 6 heteroatoms. The molecule has 0 saturated heterocycles. The van der Waals surface area contributed by atoms with Crippen LogP contribution in [0, 0.1) is 5.82 Å². The Kier molecular flexibility index (Phi) is 4.23. The molecule has 2 heterocycles. The molecule has 26 heavy (non-hydrogen) atoms. The van der Waals surface area contributed by atoms with E-state index in [2.05, 4.69) is 20.5 Å². The summed E-state index contributed by atoms with van der Waals surface area (Å²) in [6.07, 6.45) is 2.57. The number of nitrogens with one attached hydrogen (secondary N) is 2. The average Bonchev–Trinajstić information content (AvgIpc) is 3.04. The third-order valence-electron chi connectivity index (χ3n) is 4.32. The molecule has 0 aliphatic rings. The van der Waals surface area contributed by atoms with Crippen LogP contribution in [0.15, 0.2) is 60.8 Å². The van der Waals surface area contributed by atoms with Crippen molar-refractivity contribution in [3.63, 3.8) is 0 Å². The number of aromatic amines is 1. The molecule has 0 amide bonds. The number of nitrogens with two attached hydrogens (primary N) is 1. The van der Waals surface area contributed by atoms with Gasteiger partial charge in [-0.1, -0.05) is 18.2 Å². The van der Waals surface area contributed by atoms with Crippen molar-refractivity contribution in [1.29, 1.82) is 0 Å². The van der Waals surface area contributed by atoms with Gasteiger partial charge in [0.25, 0.3) is 0 Å². The molecule has 0 saturated carbocycles. The van der Waals surface area contributed by atoms with Gasteiger partial charge < -0.3 is 11.1 Å². The minimum Gasteiger partial charge on any atom is -0.382 e. The highest BCUT2D eigenvalue weighted by Gasteiger charge is 2.06. The third-order valence-corrected chi connectivity index (χ3v) is 4.32. The van der Waals surface area contributed by atoms with E-state index in [9.17, 15) is 4.39 Å². The second-order valence-electron chi connectivity index (χ2n) is 6.10. The fourth-order valence-electron chi connectivity index (χ4n) is 2.91. The smallest absolute Gasteiger partial charge is 0.153 e. The van der Waals surface area contributed by atoms with Crippen LogP contribution in [-0.4, -0.2) is 21.7 Å². The Hall–Kier alpha value is -3.41. The highest BCUT2D eigenvalue weighted by molar-refractivity contribution is 5.92. The zero-order valence-corrected chi connectivity index (χ0v) is 14.0. The fraction of sp³-hybridized carbons (Fsp3) is 0.100. The molecule has 4 aromatic rings. The zero-order valence-electron chi connectivity index (χ0n) is 14.0. The summed E-state index contributed by atoms with van der Waals surface area (Å²) >= 11 is 0. The van der Waals surface area contributed by atoms with Crippen LogP contribution in [0.4, 0.5) is 16.0 Å². The van der Waals surface area contributed by atoms with Gasteiger partial charge in [-0.3, -0.25) is 5.10 Å². The number of pyridine rings is 1. The number of aromatic nitrogens is 3. The molecule has 0 atom stereocenters. The normalized spacial score (nSPS) is 11.0. The predicted octanol–water partition coefficient (Wildman–Crippen LogP) is 4.00. The molecule has 0 unspecified atom stereocenters. The number of nitrogens with zero attached hydrogens (tertiary/aromatic N) is 2. The van der Waals surface area contributed by atoms with E-state index in [1.54, 1.807) is 18.3 Å². The number of hydrogen-bond donors (Lipinski definition) is 3. The summed E-state index contributed by atoms with van der Waals surface area (Å²) in [6, 6.07) is 16.5. The van der Waals surface area contributed by atoms with Crippen LogP contribution in [0.2, 0.25) is 0 Å². The first-order valence-corrected chi connectivity index (χ1v) is 8.37. The summed E-state index contributed by atoms with van der Waals surface area (Å²) in [5.41, 5.74) is 9.99. The van der Waals surface area contributed by atoms with Gasteiger partial charge in [0.2, 0.25) is 0 Å². The van der Waals surface area contributed by atoms with Gasteiger partial charge in [-0.25, -0.2) is 9.37 Å². The van der Waals surface area contributed by atoms with Gasteiger partial charge in [0.15, 0.2) is 5.82 Å². The maximum Gasteiger partial charge on any atom is 0.153 e. The number of halogens is 1. The van der Waals surface area contributed by atoms with Gasteiger partial charge >= 0.3 is 0 Å². The lowest BCUT2D eigenvalue weighted by Gasteiger charge is -2.08. The van der Waals surface area contributed by atoms with Crippen LogP contribution in [0.25, 0.3) is 22.0 Å². The Labute approximate surface area is 150 Å². The molecular weight excluding hydrogens is 329 g/mol. The van der Waals surface area contributed by atoms with Crippen molar-refractivity contribution in [1.82, 2.24) is 15.2 Å². The Balaban J connectivity index is 1.48. The summed E-state index contributed by atoms with van der Waals surface area (Å²) in [7, 11) is 0. The first-order chi connectivity index (χ1) is 12.7. The lowest BCUT2D eigenvalue weighted by molar-refractivity contribution is 0.627. The minimum atomic E-state index is -0.216. The summed E-state index contributed by atoms with van der Waals surface area (Å²) in [5.74, 6) is 1.07. The van der Waals surface area contributed by atoms with E-state index >= 15 is 0 Å². The van der Waals surface area contributed by atoms with Crippen LogP contribution in [0.3, 0.4) is 0 Å². The predicted molar refractivity (Wildman–Crippen MR) is 102 cm³/mol. The van der Waals surface area contributed by atoms with Crippen LogP contribution in [-0.2, 0) is 6.42 Å². The van der Waals surface area contributed by atoms with E-state index < -0.39 is 0 Å². The van der Waals surface area contributed by atoms with Crippen molar-refractivity contribution in [3.8, 4) is 11.1 Å². The molecule has 0 aliphatic heterocycles. The zero-order chi connectivity index (χ0) is 17.9. The molecule has 2 aromatic heterocycles. The molecule has 0 aliphatic carbocycles. The number of benzene rings is 2. The number of fused-ring (bicyclic) bond motifs is 1. The maximum absolute atomic E-state index is 12.9. The van der Waals surface area contributed by atoms with Crippen molar-refractivity contribution < 1.29 is 4.39 Å². The van der Waals surface area contributed by atoms with Gasteiger partial charge in [-0.2, -0.15) is 5.10 Å². The van der Waals surface area contributed by atoms with Crippen LogP contribution in [0.1, 0.15) is 5.56 Å². The molecule has 0 radical (unpaired) electrons. The molecule has 4 rings (SSSR count). The number of nitrogen functional groups attached to an aromatic ring is 1. The molecule has 0 spiro atoms. The van der Waals surface area contributed by atoms with E-state index in [1.165, 1.54) is 12.1 Å². The molecule has 5 nitrogen and oxygen atoms in total. The number of rotatable bonds is 5. The summed E-state index contributed by atoms with van der Waals surface area (Å²) in [4.78, 5) is 4.37. The highest BCUT2D eigenvalue weighted by Crippen LogP contribution is 2.27. The standard InChI is InChI=1S/C20H18FN5/c21-16-4-1-13(2-5-16)7-9-23-19-12-15(8-10-24-19)14-3-6-18-17(11-14)20(22)26-25-18/h1-6,8,10-12H,7,9H2,(H,23,24)(H3,22,25,26). The van der Waals surface area contributed by atoms with Crippen molar-refractivity contribution in [3.05, 3.63) is 72.2 Å². The van der Waals surface area contributed by atoms with Crippen molar-refractivity contribution in [2.75, 3.05) is 17.6 Å².